The van der Waals surface area contributed by atoms with Gasteiger partial charge in [-0.15, -0.1) is 0 Å². The Bertz CT molecular complexity index is 1440. The van der Waals surface area contributed by atoms with Crippen LogP contribution in [0.3, 0.4) is 0 Å². The molecule has 0 saturated carbocycles. The van der Waals surface area contributed by atoms with E-state index in [0.717, 1.165) is 56.5 Å². The summed E-state index contributed by atoms with van der Waals surface area (Å²) < 4.78 is 16.7. The molecule has 1 fully saturated rings. The van der Waals surface area contributed by atoms with Gasteiger partial charge in [-0.3, -0.25) is 14.4 Å². The third-order valence-electron chi connectivity index (χ3n) is 6.93. The largest absolute Gasteiger partial charge is 0.309 e. The zero-order valence-electron chi connectivity index (χ0n) is 22.3. The highest BCUT2D eigenvalue weighted by Crippen LogP contribution is 2.29. The first-order chi connectivity index (χ1) is 18.3. The number of nitrogens with one attached hydrogen (secondary N) is 1. The van der Waals surface area contributed by atoms with Gasteiger partial charge in [0, 0.05) is 62.8 Å². The number of Topliss-reactive ketones (excluding diaryl/α,β-unsaturated/α-hetero) is 1. The number of hydrogen-bond acceptors (Lipinski definition) is 8. The van der Waals surface area contributed by atoms with Crippen LogP contribution in [0.2, 0.25) is 0 Å². The quantitative estimate of drug-likeness (QED) is 0.337. The second-order valence-electron chi connectivity index (χ2n) is 9.95. The molecule has 198 valence electrons. The highest BCUT2D eigenvalue weighted by molar-refractivity contribution is 6.05. The number of likely N-dealkylation sites (N-methyl/N-ethyl adjacent to an activating group) is 1. The van der Waals surface area contributed by atoms with E-state index in [-0.39, 0.29) is 23.5 Å². The Morgan fingerprint density at radius 2 is 1.82 bits per heavy atom. The molecule has 9 nitrogen and oxygen atoms in total. The van der Waals surface area contributed by atoms with Crippen LogP contribution in [-0.4, -0.2) is 73.0 Å². The van der Waals surface area contributed by atoms with Gasteiger partial charge in [-0.05, 0) is 44.2 Å². The average Bonchev–Trinajstić information content (AvgIpc) is 3.31. The summed E-state index contributed by atoms with van der Waals surface area (Å²) in [5, 5.41) is 8.24. The van der Waals surface area contributed by atoms with Crippen molar-refractivity contribution in [1.82, 2.24) is 34.5 Å². The van der Waals surface area contributed by atoms with Gasteiger partial charge in [0.25, 0.3) is 0 Å². The Labute approximate surface area is 221 Å². The number of hydrogen-bond donors (Lipinski definition) is 1. The molecule has 0 atom stereocenters. The smallest absolute Gasteiger partial charge is 0.229 e. The van der Waals surface area contributed by atoms with E-state index >= 15 is 0 Å². The summed E-state index contributed by atoms with van der Waals surface area (Å²) >= 11 is 0. The highest BCUT2D eigenvalue weighted by Gasteiger charge is 2.19. The molecule has 4 aromatic rings. The van der Waals surface area contributed by atoms with Crippen molar-refractivity contribution >= 4 is 28.5 Å². The van der Waals surface area contributed by atoms with Crippen LogP contribution in [0, 0.1) is 5.82 Å². The first-order valence-electron chi connectivity index (χ1n) is 13.0. The zero-order valence-corrected chi connectivity index (χ0v) is 22.3. The van der Waals surface area contributed by atoms with E-state index in [1.165, 1.54) is 6.92 Å². The fourth-order valence-electron chi connectivity index (χ4n) is 4.80. The Hall–Kier alpha value is -3.76. The molecule has 38 heavy (non-hydrogen) atoms. The van der Waals surface area contributed by atoms with Gasteiger partial charge in [0.05, 0.1) is 11.7 Å². The fraction of sp³-hybridized carbons (Fsp3) is 0.393. The molecule has 0 unspecified atom stereocenters. The van der Waals surface area contributed by atoms with Crippen molar-refractivity contribution in [2.24, 2.45) is 0 Å². The monoisotopic (exact) mass is 516 g/mol. The molecule has 0 bridgehead atoms. The van der Waals surface area contributed by atoms with Crippen molar-refractivity contribution in [3.05, 3.63) is 59.8 Å². The van der Waals surface area contributed by atoms with Gasteiger partial charge in [-0.25, -0.2) is 19.3 Å². The molecule has 4 heterocycles. The molecule has 1 aliphatic heterocycles. The Morgan fingerprint density at radius 3 is 2.47 bits per heavy atom. The summed E-state index contributed by atoms with van der Waals surface area (Å²) in [6.45, 7) is 13.9. The van der Waals surface area contributed by atoms with Gasteiger partial charge in [0.2, 0.25) is 5.95 Å². The maximum Gasteiger partial charge on any atom is 0.229 e. The number of fused-ring (bicyclic) bond motifs is 1. The first-order valence-corrected chi connectivity index (χ1v) is 13.0. The molecule has 0 amide bonds. The van der Waals surface area contributed by atoms with Crippen LogP contribution >= 0.6 is 0 Å². The molecule has 3 aromatic heterocycles. The van der Waals surface area contributed by atoms with E-state index < -0.39 is 5.82 Å². The van der Waals surface area contributed by atoms with E-state index in [9.17, 15) is 9.18 Å². The minimum atomic E-state index is -0.554. The summed E-state index contributed by atoms with van der Waals surface area (Å²) in [6.07, 6.45) is 2.99. The Kier molecular flexibility index (Phi) is 7.44. The number of halogens is 1. The average molecular weight is 517 g/mol. The molecule has 10 heteroatoms. The van der Waals surface area contributed by atoms with E-state index in [1.807, 2.05) is 38.2 Å². The van der Waals surface area contributed by atoms with Crippen molar-refractivity contribution in [2.45, 2.75) is 40.3 Å². The number of nitrogens with zero attached hydrogens (tertiary/aromatic N) is 7. The van der Waals surface area contributed by atoms with Gasteiger partial charge in [-0.1, -0.05) is 19.1 Å². The molecule has 5 rings (SSSR count). The lowest BCUT2D eigenvalue weighted by Gasteiger charge is -2.33. The molecular formula is C28H33FN8O. The molecule has 1 aromatic carbocycles. The number of ketones is 1. The minimum absolute atomic E-state index is 0.0770. The third-order valence-corrected chi connectivity index (χ3v) is 6.93. The van der Waals surface area contributed by atoms with Crippen LogP contribution < -0.4 is 5.32 Å². The SMILES string of the molecule is CCN1CCN(Cc2ccc(Nc3ncc(F)c(-c4ccc5c(c4)c(C(C)=O)nn5C(C)C)n3)nc2)CC1. The molecule has 1 N–H and O–H groups in total. The predicted octanol–water partition coefficient (Wildman–Crippen LogP) is 4.69. The van der Waals surface area contributed by atoms with Crippen LogP contribution in [0.15, 0.2) is 42.7 Å². The lowest BCUT2D eigenvalue weighted by atomic mass is 10.1. The summed E-state index contributed by atoms with van der Waals surface area (Å²) in [6, 6.07) is 9.40. The normalized spacial score (nSPS) is 14.9. The number of pyridine rings is 1. The number of rotatable bonds is 8. The van der Waals surface area contributed by atoms with Gasteiger partial charge in [0.15, 0.2) is 11.6 Å². The zero-order chi connectivity index (χ0) is 26.8. The van der Waals surface area contributed by atoms with Crippen LogP contribution in [0.25, 0.3) is 22.2 Å². The molecule has 1 saturated heterocycles. The topological polar surface area (TPSA) is 92.1 Å². The maximum absolute atomic E-state index is 14.8. The molecular weight excluding hydrogens is 483 g/mol. The molecule has 0 spiro atoms. The molecule has 1 aliphatic rings. The van der Waals surface area contributed by atoms with Crippen LogP contribution in [0.1, 0.15) is 49.8 Å². The Morgan fingerprint density at radius 1 is 1.05 bits per heavy atom. The number of piperazine rings is 1. The number of benzene rings is 1. The summed E-state index contributed by atoms with van der Waals surface area (Å²) in [4.78, 5) is 30.2. The van der Waals surface area contributed by atoms with Crippen molar-refractivity contribution in [2.75, 3.05) is 38.0 Å². The highest BCUT2D eigenvalue weighted by atomic mass is 19.1. The summed E-state index contributed by atoms with van der Waals surface area (Å²) in [7, 11) is 0. The van der Waals surface area contributed by atoms with Crippen molar-refractivity contribution in [1.29, 1.82) is 0 Å². The van der Waals surface area contributed by atoms with E-state index in [4.69, 9.17) is 0 Å². The lowest BCUT2D eigenvalue weighted by Crippen LogP contribution is -2.45. The van der Waals surface area contributed by atoms with Crippen molar-refractivity contribution in [3.8, 4) is 11.3 Å². The second kappa shape index (κ2) is 10.9. The number of aromatic nitrogens is 5. The van der Waals surface area contributed by atoms with Crippen molar-refractivity contribution < 1.29 is 9.18 Å². The van der Waals surface area contributed by atoms with Crippen molar-refractivity contribution in [3.63, 3.8) is 0 Å². The fourth-order valence-corrected chi connectivity index (χ4v) is 4.80. The van der Waals surface area contributed by atoms with E-state index in [2.05, 4.69) is 42.1 Å². The van der Waals surface area contributed by atoms with Crippen LogP contribution in [-0.2, 0) is 6.54 Å². The molecule has 0 radical (unpaired) electrons. The lowest BCUT2D eigenvalue weighted by molar-refractivity contribution is 0.101. The minimum Gasteiger partial charge on any atom is -0.309 e. The third kappa shape index (κ3) is 5.41. The standard InChI is InChI=1S/C28H33FN8O/c1-5-35-10-12-36(13-11-35)17-20-6-9-25(30-15-20)32-28-31-16-23(29)27(33-28)21-7-8-24-22(14-21)26(19(4)38)34-37(24)18(2)3/h6-9,14-16,18H,5,10-13,17H2,1-4H3,(H,30,31,32,33). The predicted molar refractivity (Wildman–Crippen MR) is 146 cm³/mol. The van der Waals surface area contributed by atoms with Crippen LogP contribution in [0.5, 0.6) is 0 Å². The second-order valence-corrected chi connectivity index (χ2v) is 9.95. The maximum atomic E-state index is 14.8. The van der Waals surface area contributed by atoms with Gasteiger partial charge >= 0.3 is 0 Å². The van der Waals surface area contributed by atoms with E-state index in [1.54, 1.807) is 16.8 Å². The number of carbonyl (C=O) groups excluding carboxylic acids is 1. The summed E-state index contributed by atoms with van der Waals surface area (Å²) in [5.41, 5.74) is 2.99. The van der Waals surface area contributed by atoms with Crippen LogP contribution in [0.4, 0.5) is 16.2 Å². The number of carbonyl (C=O) groups is 1. The Balaban J connectivity index is 1.34. The number of anilines is 2. The van der Waals surface area contributed by atoms with E-state index in [0.29, 0.717) is 22.5 Å². The summed E-state index contributed by atoms with van der Waals surface area (Å²) in [5.74, 6) is 0.119. The van der Waals surface area contributed by atoms with Gasteiger partial charge in [0.1, 0.15) is 17.2 Å². The van der Waals surface area contributed by atoms with Gasteiger partial charge in [-0.2, -0.15) is 5.10 Å². The molecule has 0 aliphatic carbocycles. The first kappa shape index (κ1) is 25.9. The van der Waals surface area contributed by atoms with Gasteiger partial charge < -0.3 is 10.2 Å².